The van der Waals surface area contributed by atoms with Gasteiger partial charge in [-0.2, -0.15) is 0 Å². The number of benzene rings is 1. The van der Waals surface area contributed by atoms with Crippen LogP contribution in [0.4, 0.5) is 5.69 Å². The van der Waals surface area contributed by atoms with Gasteiger partial charge in [-0.3, -0.25) is 4.48 Å². The van der Waals surface area contributed by atoms with Crippen LogP contribution in [-0.2, 0) is 0 Å². The molecule has 0 saturated heterocycles. The van der Waals surface area contributed by atoms with Crippen LogP contribution in [0.15, 0.2) is 23.1 Å². The molecule has 0 fully saturated rings. The summed E-state index contributed by atoms with van der Waals surface area (Å²) in [6.45, 7) is 12.3. The summed E-state index contributed by atoms with van der Waals surface area (Å²) in [5.74, 6) is 0.268. The lowest BCUT2D eigenvalue weighted by atomic mass is 10.1. The van der Waals surface area contributed by atoms with E-state index in [9.17, 15) is 4.79 Å². The third kappa shape index (κ3) is 4.37. The Kier molecular flexibility index (Phi) is 7.71. The van der Waals surface area contributed by atoms with E-state index in [-0.39, 0.29) is 10.6 Å². The van der Waals surface area contributed by atoms with E-state index in [1.54, 1.807) is 11.8 Å². The molecule has 5 heteroatoms. The monoisotopic (exact) mass is 381 g/mol. The van der Waals surface area contributed by atoms with E-state index in [1.165, 1.54) is 10.6 Å². The van der Waals surface area contributed by atoms with Crippen LogP contribution in [0.5, 0.6) is 0 Å². The predicted octanol–water partition coefficient (Wildman–Crippen LogP) is 5.41. The molecule has 1 heterocycles. The second kappa shape index (κ2) is 9.33. The minimum Gasteiger partial charge on any atom is -0.350 e. The molecule has 1 atom stereocenters. The molecule has 3 nitrogen and oxygen atoms in total. The fourth-order valence-corrected chi connectivity index (χ4v) is 5.09. The Bertz CT molecular complexity index is 587. The second-order valence-corrected chi connectivity index (χ2v) is 8.79. The third-order valence-electron chi connectivity index (χ3n) is 5.35. The number of unbranched alkanes of at least 4 members (excludes halogenated alkanes) is 2. The molecule has 1 aliphatic heterocycles. The topological polar surface area (TPSA) is 20.3 Å². The molecule has 140 valence electrons. The molecule has 0 bridgehead atoms. The maximum Gasteiger partial charge on any atom is 0.345 e. The van der Waals surface area contributed by atoms with Crippen molar-refractivity contribution in [2.24, 2.45) is 0 Å². The Morgan fingerprint density at radius 3 is 2.44 bits per heavy atom. The van der Waals surface area contributed by atoms with Crippen LogP contribution in [0.25, 0.3) is 0 Å². The van der Waals surface area contributed by atoms with E-state index in [0.29, 0.717) is 4.48 Å². The molecule has 0 saturated carbocycles. The SMILES string of the molecule is CCCCN1c2cc(C(=O)[N+](CC)(CC)CCCC)ccc2SC1S. The maximum absolute atomic E-state index is 13.4. The van der Waals surface area contributed by atoms with E-state index in [0.717, 1.165) is 57.4 Å². The number of anilines is 1. The predicted molar refractivity (Wildman–Crippen MR) is 113 cm³/mol. The van der Waals surface area contributed by atoms with E-state index in [4.69, 9.17) is 12.6 Å². The number of thiol groups is 1. The first-order valence-corrected chi connectivity index (χ1v) is 11.1. The molecule has 0 N–H and O–H groups in total. The van der Waals surface area contributed by atoms with Crippen LogP contribution in [0.1, 0.15) is 63.7 Å². The number of rotatable bonds is 9. The zero-order valence-corrected chi connectivity index (χ0v) is 17.8. The van der Waals surface area contributed by atoms with Crippen molar-refractivity contribution in [3.8, 4) is 0 Å². The number of hydrogen-bond donors (Lipinski definition) is 1. The number of quaternary nitrogens is 1. The summed E-state index contributed by atoms with van der Waals surface area (Å²) in [7, 11) is 0. The molecule has 1 aromatic carbocycles. The van der Waals surface area contributed by atoms with Gasteiger partial charge < -0.3 is 4.90 Å². The van der Waals surface area contributed by atoms with Crippen molar-refractivity contribution in [1.82, 2.24) is 0 Å². The van der Waals surface area contributed by atoms with Gasteiger partial charge >= 0.3 is 5.91 Å². The Hall–Kier alpha value is -0.650. The van der Waals surface area contributed by atoms with Crippen LogP contribution < -0.4 is 4.90 Å². The summed E-state index contributed by atoms with van der Waals surface area (Å²) in [4.78, 5) is 16.9. The summed E-state index contributed by atoms with van der Waals surface area (Å²) in [5, 5.41) is 0. The minimum atomic E-state index is 0.156. The van der Waals surface area contributed by atoms with Gasteiger partial charge in [-0.1, -0.05) is 38.5 Å². The smallest absolute Gasteiger partial charge is 0.345 e. The van der Waals surface area contributed by atoms with Gasteiger partial charge in [-0.15, -0.1) is 12.6 Å². The third-order valence-corrected chi connectivity index (χ3v) is 7.01. The highest BCUT2D eigenvalue weighted by Crippen LogP contribution is 2.45. The highest BCUT2D eigenvalue weighted by atomic mass is 32.2. The summed E-state index contributed by atoms with van der Waals surface area (Å²) in [6.07, 6.45) is 4.53. The van der Waals surface area contributed by atoms with Gasteiger partial charge in [-0.25, -0.2) is 4.79 Å². The van der Waals surface area contributed by atoms with Gasteiger partial charge in [0.2, 0.25) is 0 Å². The maximum atomic E-state index is 13.4. The molecule has 0 aromatic heterocycles. The first kappa shape index (κ1) is 20.7. The number of amides is 1. The van der Waals surface area contributed by atoms with Crippen molar-refractivity contribution in [3.05, 3.63) is 23.8 Å². The number of hydrogen-bond acceptors (Lipinski definition) is 4. The molecular formula is C20H33N2OS2+. The van der Waals surface area contributed by atoms with Crippen molar-refractivity contribution in [2.45, 2.75) is 63.0 Å². The Morgan fingerprint density at radius 1 is 1.16 bits per heavy atom. The quantitative estimate of drug-likeness (QED) is 0.456. The molecule has 1 amide bonds. The lowest BCUT2D eigenvalue weighted by Gasteiger charge is -2.34. The van der Waals surface area contributed by atoms with Crippen LogP contribution >= 0.6 is 24.4 Å². The van der Waals surface area contributed by atoms with Crippen molar-refractivity contribution < 1.29 is 9.28 Å². The van der Waals surface area contributed by atoms with Gasteiger partial charge in [-0.05, 0) is 44.9 Å². The number of thioether (sulfide) groups is 1. The van der Waals surface area contributed by atoms with Gasteiger partial charge in [0, 0.05) is 11.4 Å². The highest BCUT2D eigenvalue weighted by molar-refractivity contribution is 8.11. The van der Waals surface area contributed by atoms with Crippen molar-refractivity contribution in [2.75, 3.05) is 31.1 Å². The van der Waals surface area contributed by atoms with Crippen LogP contribution in [0.2, 0.25) is 0 Å². The minimum absolute atomic E-state index is 0.156. The van der Waals surface area contributed by atoms with Crippen molar-refractivity contribution in [1.29, 1.82) is 0 Å². The normalized spacial score (nSPS) is 17.0. The second-order valence-electron chi connectivity index (χ2n) is 6.83. The standard InChI is InChI=1S/C20H32N2OS2/c1-5-9-13-21-17-15-16(11-12-18(17)25-20(21)24)19(23)22(7-3,8-4)14-10-6-2/h11-12,15,20H,5-10,13-14H2,1-4H3/p+1. The summed E-state index contributed by atoms with van der Waals surface area (Å²) in [6, 6.07) is 6.24. The van der Waals surface area contributed by atoms with Gasteiger partial charge in [0.15, 0.2) is 0 Å². The molecular weight excluding hydrogens is 348 g/mol. The van der Waals surface area contributed by atoms with Gasteiger partial charge in [0.25, 0.3) is 0 Å². The molecule has 1 unspecified atom stereocenters. The molecule has 2 rings (SSSR count). The van der Waals surface area contributed by atoms with E-state index in [2.05, 4.69) is 44.7 Å². The highest BCUT2D eigenvalue weighted by Gasteiger charge is 2.35. The van der Waals surface area contributed by atoms with Crippen molar-refractivity contribution >= 4 is 36.0 Å². The van der Waals surface area contributed by atoms with Crippen LogP contribution in [0, 0.1) is 0 Å². The molecule has 0 spiro atoms. The van der Waals surface area contributed by atoms with Crippen LogP contribution in [0.3, 0.4) is 0 Å². The molecule has 1 aromatic rings. The van der Waals surface area contributed by atoms with E-state index >= 15 is 0 Å². The first-order valence-electron chi connectivity index (χ1n) is 9.69. The zero-order valence-electron chi connectivity index (χ0n) is 16.1. The fourth-order valence-electron chi connectivity index (χ4n) is 3.49. The lowest BCUT2D eigenvalue weighted by molar-refractivity contribution is -0.845. The average Bonchev–Trinajstić information content (AvgIpc) is 2.95. The average molecular weight is 382 g/mol. The zero-order chi connectivity index (χ0) is 18.4. The lowest BCUT2D eigenvalue weighted by Crippen LogP contribution is -2.53. The first-order chi connectivity index (χ1) is 12.0. The molecule has 1 aliphatic rings. The summed E-state index contributed by atoms with van der Waals surface area (Å²) in [5.41, 5.74) is 2.04. The number of carbonyl (C=O) groups excluding carboxylic acids is 1. The summed E-state index contributed by atoms with van der Waals surface area (Å²) < 4.78 is 0.711. The molecule has 25 heavy (non-hydrogen) atoms. The molecule has 0 radical (unpaired) electrons. The number of carbonyl (C=O) groups is 1. The largest absolute Gasteiger partial charge is 0.350 e. The summed E-state index contributed by atoms with van der Waals surface area (Å²) >= 11 is 6.51. The van der Waals surface area contributed by atoms with Crippen LogP contribution in [-0.4, -0.2) is 41.3 Å². The van der Waals surface area contributed by atoms with E-state index in [1.807, 2.05) is 6.07 Å². The number of fused-ring (bicyclic) bond motifs is 1. The molecule has 0 aliphatic carbocycles. The Balaban J connectivity index is 2.31. The fraction of sp³-hybridized carbons (Fsp3) is 0.650. The Morgan fingerprint density at radius 2 is 1.84 bits per heavy atom. The number of nitrogens with zero attached hydrogens (tertiary/aromatic N) is 2. The Labute approximate surface area is 163 Å². The van der Waals surface area contributed by atoms with Gasteiger partial charge in [0.05, 0.1) is 30.9 Å². The van der Waals surface area contributed by atoms with E-state index < -0.39 is 0 Å². The van der Waals surface area contributed by atoms with Gasteiger partial charge in [0.1, 0.15) is 4.71 Å². The van der Waals surface area contributed by atoms with Crippen molar-refractivity contribution in [3.63, 3.8) is 0 Å².